The molecule has 2 rings (SSSR count). The maximum atomic E-state index is 5.34. The summed E-state index contributed by atoms with van der Waals surface area (Å²) < 4.78 is 5.34. The van der Waals surface area contributed by atoms with E-state index in [4.69, 9.17) is 4.74 Å². The highest BCUT2D eigenvalue weighted by atomic mass is 31.1. The molecule has 0 aliphatic rings. The first-order valence-electron chi connectivity index (χ1n) is 6.34. The normalized spacial score (nSPS) is 11.4. The number of aliphatic imine (C=N–C) groups is 1. The van der Waals surface area contributed by atoms with Gasteiger partial charge in [0.15, 0.2) is 0 Å². The van der Waals surface area contributed by atoms with Crippen LogP contribution in [0.5, 0.6) is 5.75 Å². The van der Waals surface area contributed by atoms with Gasteiger partial charge in [0.05, 0.1) is 12.8 Å². The van der Waals surface area contributed by atoms with Crippen molar-refractivity contribution in [2.75, 3.05) is 13.3 Å². The summed E-state index contributed by atoms with van der Waals surface area (Å²) in [7, 11) is 2.48. The van der Waals surface area contributed by atoms with Crippen molar-refractivity contribution in [2.24, 2.45) is 4.99 Å². The molecular formula is C16H18NOP. The van der Waals surface area contributed by atoms with Gasteiger partial charge in [-0.05, 0) is 30.8 Å². The van der Waals surface area contributed by atoms with Crippen LogP contribution in [-0.2, 0) is 0 Å². The molecule has 2 aromatic rings. The number of hydrogen-bond donors (Lipinski definition) is 0. The van der Waals surface area contributed by atoms with Crippen molar-refractivity contribution < 1.29 is 4.74 Å². The fourth-order valence-corrected chi connectivity index (χ4v) is 2.86. The van der Waals surface area contributed by atoms with E-state index in [1.165, 1.54) is 5.30 Å². The number of rotatable bonds is 6. The minimum atomic E-state index is 0.761. The van der Waals surface area contributed by atoms with Crippen LogP contribution >= 0.6 is 8.58 Å². The van der Waals surface area contributed by atoms with Crippen molar-refractivity contribution in [1.29, 1.82) is 0 Å². The Morgan fingerprint density at radius 1 is 1.05 bits per heavy atom. The second-order valence-electron chi connectivity index (χ2n) is 4.06. The van der Waals surface area contributed by atoms with Crippen LogP contribution in [0.4, 0.5) is 5.69 Å². The Kier molecular flexibility index (Phi) is 5.58. The molecule has 0 heterocycles. The molecule has 0 aliphatic heterocycles. The minimum absolute atomic E-state index is 0.761. The highest BCUT2D eigenvalue weighted by Crippen LogP contribution is 2.19. The van der Waals surface area contributed by atoms with Gasteiger partial charge in [-0.3, -0.25) is 4.99 Å². The van der Waals surface area contributed by atoms with Crippen LogP contribution < -0.4 is 10.0 Å². The summed E-state index contributed by atoms with van der Waals surface area (Å²) in [5, 5.41) is 1.29. The first-order valence-corrected chi connectivity index (χ1v) is 7.55. The molecule has 0 radical (unpaired) electrons. The van der Waals surface area contributed by atoms with Crippen LogP contribution in [0.25, 0.3) is 0 Å². The fraction of sp³-hybridized carbons (Fsp3) is 0.188. The van der Waals surface area contributed by atoms with E-state index in [9.17, 15) is 0 Å². The van der Waals surface area contributed by atoms with E-state index in [2.05, 4.69) is 17.1 Å². The third kappa shape index (κ3) is 4.50. The highest BCUT2D eigenvalue weighted by molar-refractivity contribution is 7.47. The fourth-order valence-electron chi connectivity index (χ4n) is 1.75. The predicted molar refractivity (Wildman–Crippen MR) is 85.0 cm³/mol. The number of hydrogen-bond acceptors (Lipinski definition) is 2. The Bertz CT molecular complexity index is 525. The molecule has 0 spiro atoms. The zero-order chi connectivity index (χ0) is 13.3. The lowest BCUT2D eigenvalue weighted by Gasteiger charge is -2.06. The van der Waals surface area contributed by atoms with E-state index in [-0.39, 0.29) is 0 Å². The first-order chi connectivity index (χ1) is 9.40. The number of nitrogens with zero attached hydrogens (tertiary/aromatic N) is 1. The summed E-state index contributed by atoms with van der Waals surface area (Å²) in [6.45, 7) is 0. The van der Waals surface area contributed by atoms with Crippen molar-refractivity contribution in [3.63, 3.8) is 0 Å². The third-order valence-corrected chi connectivity index (χ3v) is 4.03. The van der Waals surface area contributed by atoms with E-state index in [1.807, 2.05) is 48.7 Å². The number of ether oxygens (including phenoxy) is 1. The van der Waals surface area contributed by atoms with Gasteiger partial charge < -0.3 is 4.74 Å². The van der Waals surface area contributed by atoms with Crippen molar-refractivity contribution in [3.05, 3.63) is 54.6 Å². The smallest absolute Gasteiger partial charge is 0.126 e. The highest BCUT2D eigenvalue weighted by Gasteiger charge is 1.99. The minimum Gasteiger partial charge on any atom is -0.496 e. The van der Waals surface area contributed by atoms with Gasteiger partial charge in [0.2, 0.25) is 0 Å². The van der Waals surface area contributed by atoms with Gasteiger partial charge in [0.1, 0.15) is 5.75 Å². The topological polar surface area (TPSA) is 21.6 Å². The van der Waals surface area contributed by atoms with E-state index in [0.29, 0.717) is 0 Å². The third-order valence-electron chi connectivity index (χ3n) is 2.69. The lowest BCUT2D eigenvalue weighted by molar-refractivity contribution is 0.418. The Labute approximate surface area is 116 Å². The molecule has 98 valence electrons. The molecule has 0 N–H and O–H groups in total. The molecular weight excluding hydrogens is 253 g/mol. The Morgan fingerprint density at radius 2 is 1.79 bits per heavy atom. The molecule has 1 atom stereocenters. The molecule has 3 heteroatoms. The molecule has 0 aliphatic carbocycles. The molecule has 2 nitrogen and oxygen atoms in total. The molecule has 1 unspecified atom stereocenters. The lowest BCUT2D eigenvalue weighted by atomic mass is 10.3. The van der Waals surface area contributed by atoms with Crippen LogP contribution in [0.15, 0.2) is 59.6 Å². The molecule has 0 fully saturated rings. The van der Waals surface area contributed by atoms with E-state index in [0.717, 1.165) is 32.6 Å². The maximum Gasteiger partial charge on any atom is 0.126 e. The van der Waals surface area contributed by atoms with E-state index < -0.39 is 0 Å². The van der Waals surface area contributed by atoms with Gasteiger partial charge in [-0.25, -0.2) is 0 Å². The molecule has 0 saturated carbocycles. The second kappa shape index (κ2) is 7.70. The van der Waals surface area contributed by atoms with Gasteiger partial charge in [0, 0.05) is 11.5 Å². The van der Waals surface area contributed by atoms with Crippen molar-refractivity contribution in [3.8, 4) is 5.75 Å². The Morgan fingerprint density at radius 3 is 2.58 bits per heavy atom. The van der Waals surface area contributed by atoms with Crippen LogP contribution in [0.2, 0.25) is 0 Å². The zero-order valence-corrected chi connectivity index (χ0v) is 12.0. The Balaban J connectivity index is 1.79. The average molecular weight is 271 g/mol. The first kappa shape index (κ1) is 13.8. The van der Waals surface area contributed by atoms with Gasteiger partial charge in [-0.1, -0.05) is 45.0 Å². The maximum absolute atomic E-state index is 5.34. The predicted octanol–water partition coefficient (Wildman–Crippen LogP) is 3.79. The SMILES string of the molecule is COc1ccccc1PCCC=Nc1ccccc1. The van der Waals surface area contributed by atoms with Crippen LogP contribution in [0.3, 0.4) is 0 Å². The monoisotopic (exact) mass is 271 g/mol. The van der Waals surface area contributed by atoms with Crippen molar-refractivity contribution in [1.82, 2.24) is 0 Å². The summed E-state index contributed by atoms with van der Waals surface area (Å²) in [5.74, 6) is 0.987. The van der Waals surface area contributed by atoms with E-state index >= 15 is 0 Å². The van der Waals surface area contributed by atoms with Crippen LogP contribution in [-0.4, -0.2) is 19.5 Å². The van der Waals surface area contributed by atoms with E-state index in [1.54, 1.807) is 7.11 Å². The lowest BCUT2D eigenvalue weighted by Crippen LogP contribution is -2.01. The molecule has 0 bridgehead atoms. The number of para-hydroxylation sites is 2. The van der Waals surface area contributed by atoms with Gasteiger partial charge in [0.25, 0.3) is 0 Å². The average Bonchev–Trinajstić information content (AvgIpc) is 2.48. The van der Waals surface area contributed by atoms with Gasteiger partial charge >= 0.3 is 0 Å². The summed E-state index contributed by atoms with van der Waals surface area (Å²) in [4.78, 5) is 4.43. The van der Waals surface area contributed by atoms with Gasteiger partial charge in [-0.2, -0.15) is 0 Å². The number of benzene rings is 2. The standard InChI is InChI=1S/C16H18NOP/c1-18-15-10-5-6-11-16(15)19-13-7-12-17-14-8-3-2-4-9-14/h2-6,8-12,19H,7,13H2,1H3. The molecule has 0 amide bonds. The van der Waals surface area contributed by atoms with Crippen LogP contribution in [0, 0.1) is 0 Å². The summed E-state index contributed by atoms with van der Waals surface area (Å²) in [6.07, 6.45) is 4.10. The van der Waals surface area contributed by atoms with Crippen molar-refractivity contribution >= 4 is 25.8 Å². The van der Waals surface area contributed by atoms with Crippen molar-refractivity contribution in [2.45, 2.75) is 6.42 Å². The molecule has 0 aromatic heterocycles. The number of methoxy groups -OCH3 is 1. The largest absolute Gasteiger partial charge is 0.496 e. The van der Waals surface area contributed by atoms with Gasteiger partial charge in [-0.15, -0.1) is 0 Å². The molecule has 0 saturated heterocycles. The van der Waals surface area contributed by atoms with Crippen LogP contribution in [0.1, 0.15) is 6.42 Å². The zero-order valence-electron chi connectivity index (χ0n) is 11.0. The summed E-state index contributed by atoms with van der Waals surface area (Å²) in [6, 6.07) is 18.2. The summed E-state index contributed by atoms with van der Waals surface area (Å²) in [5.41, 5.74) is 1.02. The Hall–Kier alpha value is -1.66. The second-order valence-corrected chi connectivity index (χ2v) is 5.46. The molecule has 19 heavy (non-hydrogen) atoms. The summed E-state index contributed by atoms with van der Waals surface area (Å²) >= 11 is 0. The quantitative estimate of drug-likeness (QED) is 0.445. The molecule has 2 aromatic carbocycles.